The summed E-state index contributed by atoms with van der Waals surface area (Å²) in [6.45, 7) is 0. The monoisotopic (exact) mass is 261 g/mol. The van der Waals surface area contributed by atoms with Crippen molar-refractivity contribution >= 4 is 11.8 Å². The molecule has 3 rings (SSSR count). The minimum Gasteiger partial charge on any atom is -0.426 e. The number of imide groups is 1. The number of fused-ring (bicyclic) bond motifs is 1. The molecule has 1 fully saturated rings. The van der Waals surface area contributed by atoms with Crippen LogP contribution in [0.25, 0.3) is 0 Å². The van der Waals surface area contributed by atoms with Gasteiger partial charge >= 0.3 is 5.63 Å². The Morgan fingerprint density at radius 2 is 1.84 bits per heavy atom. The number of amides is 2. The summed E-state index contributed by atoms with van der Waals surface area (Å²) in [4.78, 5) is 34.9. The first-order valence-corrected chi connectivity index (χ1v) is 6.66. The van der Waals surface area contributed by atoms with Crippen LogP contribution in [-0.4, -0.2) is 11.8 Å². The highest BCUT2D eigenvalue weighted by molar-refractivity contribution is 6.09. The number of hydrogen-bond donors (Lipinski definition) is 1. The Morgan fingerprint density at radius 1 is 1.11 bits per heavy atom. The molecule has 0 saturated heterocycles. The summed E-state index contributed by atoms with van der Waals surface area (Å²) in [7, 11) is 0. The lowest BCUT2D eigenvalue weighted by molar-refractivity contribution is -0.120. The fourth-order valence-electron chi connectivity index (χ4n) is 3.06. The molecule has 2 heterocycles. The minimum absolute atomic E-state index is 0.0309. The van der Waals surface area contributed by atoms with E-state index in [4.69, 9.17) is 4.42 Å². The van der Waals surface area contributed by atoms with Gasteiger partial charge in [-0.3, -0.25) is 14.9 Å². The molecular weight excluding hydrogens is 246 g/mol. The summed E-state index contributed by atoms with van der Waals surface area (Å²) in [6, 6.07) is 1.42. The molecule has 19 heavy (non-hydrogen) atoms. The Balaban J connectivity index is 2.11. The second kappa shape index (κ2) is 4.64. The highest BCUT2D eigenvalue weighted by Crippen LogP contribution is 2.35. The predicted molar refractivity (Wildman–Crippen MR) is 67.0 cm³/mol. The molecule has 1 N–H and O–H groups in total. The standard InChI is InChI=1S/C14H15NO4/c16-11-7-10-13(14(18)15-11)9(6-12(17)19-10)8-4-2-1-3-5-8/h6,8H,1-5,7H2,(H,15,16,18). The Kier molecular flexibility index (Phi) is 2.97. The van der Waals surface area contributed by atoms with Gasteiger partial charge in [-0.1, -0.05) is 19.3 Å². The van der Waals surface area contributed by atoms with Gasteiger partial charge in [0.15, 0.2) is 0 Å². The molecule has 0 unspecified atom stereocenters. The maximum atomic E-state index is 12.0. The molecule has 2 amide bonds. The van der Waals surface area contributed by atoms with Crippen LogP contribution in [0.3, 0.4) is 0 Å². The smallest absolute Gasteiger partial charge is 0.336 e. The molecule has 1 aromatic rings. The van der Waals surface area contributed by atoms with Gasteiger partial charge < -0.3 is 4.42 Å². The van der Waals surface area contributed by atoms with E-state index in [2.05, 4.69) is 5.32 Å². The number of carbonyl (C=O) groups excluding carboxylic acids is 2. The molecule has 1 aliphatic carbocycles. The van der Waals surface area contributed by atoms with Gasteiger partial charge in [-0.2, -0.15) is 0 Å². The lowest BCUT2D eigenvalue weighted by Gasteiger charge is -2.25. The highest BCUT2D eigenvalue weighted by Gasteiger charge is 2.31. The van der Waals surface area contributed by atoms with Gasteiger partial charge in [-0.05, 0) is 24.3 Å². The molecular formula is C14H15NO4. The molecule has 2 aliphatic rings. The summed E-state index contributed by atoms with van der Waals surface area (Å²) in [6.07, 6.45) is 5.36. The third kappa shape index (κ3) is 2.20. The molecule has 0 atom stereocenters. The summed E-state index contributed by atoms with van der Waals surface area (Å²) in [5.74, 6) is -0.399. The topological polar surface area (TPSA) is 76.4 Å². The van der Waals surface area contributed by atoms with E-state index in [9.17, 15) is 14.4 Å². The molecule has 100 valence electrons. The molecule has 1 saturated carbocycles. The van der Waals surface area contributed by atoms with Crippen LogP contribution < -0.4 is 10.9 Å². The minimum atomic E-state index is -0.471. The van der Waals surface area contributed by atoms with Crippen LogP contribution in [-0.2, 0) is 11.2 Å². The summed E-state index contributed by atoms with van der Waals surface area (Å²) in [5, 5.41) is 2.29. The first kappa shape index (κ1) is 12.1. The van der Waals surface area contributed by atoms with Gasteiger partial charge in [0, 0.05) is 6.07 Å². The average Bonchev–Trinajstić information content (AvgIpc) is 2.38. The van der Waals surface area contributed by atoms with E-state index in [0.717, 1.165) is 31.2 Å². The number of carbonyl (C=O) groups is 2. The van der Waals surface area contributed by atoms with E-state index in [-0.39, 0.29) is 18.1 Å². The van der Waals surface area contributed by atoms with Gasteiger partial charge in [0.05, 0.1) is 12.0 Å². The predicted octanol–water partition coefficient (Wildman–Crippen LogP) is 1.50. The number of nitrogens with one attached hydrogen (secondary N) is 1. The maximum Gasteiger partial charge on any atom is 0.336 e. The molecule has 0 aromatic carbocycles. The van der Waals surface area contributed by atoms with Crippen LogP contribution >= 0.6 is 0 Å². The van der Waals surface area contributed by atoms with Crippen LogP contribution in [0.2, 0.25) is 0 Å². The van der Waals surface area contributed by atoms with Crippen molar-refractivity contribution in [3.8, 4) is 0 Å². The van der Waals surface area contributed by atoms with E-state index in [0.29, 0.717) is 5.56 Å². The lowest BCUT2D eigenvalue weighted by atomic mass is 9.81. The third-order valence-electron chi connectivity index (χ3n) is 3.91. The Labute approximate surface area is 110 Å². The van der Waals surface area contributed by atoms with Crippen molar-refractivity contribution in [1.29, 1.82) is 0 Å². The normalized spacial score (nSPS) is 20.0. The second-order valence-electron chi connectivity index (χ2n) is 5.21. The molecule has 0 bridgehead atoms. The van der Waals surface area contributed by atoms with Crippen LogP contribution in [0.5, 0.6) is 0 Å². The van der Waals surface area contributed by atoms with Gasteiger partial charge in [-0.15, -0.1) is 0 Å². The molecule has 0 radical (unpaired) electrons. The van der Waals surface area contributed by atoms with Crippen LogP contribution in [0.1, 0.15) is 59.7 Å². The number of rotatable bonds is 1. The van der Waals surface area contributed by atoms with Gasteiger partial charge in [0.2, 0.25) is 5.91 Å². The summed E-state index contributed by atoms with van der Waals surface area (Å²) in [5.41, 5.74) is 0.698. The van der Waals surface area contributed by atoms with Crippen LogP contribution in [0, 0.1) is 0 Å². The van der Waals surface area contributed by atoms with Crippen molar-refractivity contribution in [2.24, 2.45) is 0 Å². The SMILES string of the molecule is O=C1Cc2oc(=O)cc(C3CCCCC3)c2C(=O)N1. The van der Waals surface area contributed by atoms with E-state index in [1.54, 1.807) is 0 Å². The van der Waals surface area contributed by atoms with Gasteiger partial charge in [0.25, 0.3) is 5.91 Å². The number of hydrogen-bond acceptors (Lipinski definition) is 4. The second-order valence-corrected chi connectivity index (χ2v) is 5.21. The molecule has 1 aliphatic heterocycles. The van der Waals surface area contributed by atoms with Crippen molar-refractivity contribution in [2.45, 2.75) is 44.4 Å². The first-order chi connectivity index (χ1) is 9.15. The van der Waals surface area contributed by atoms with E-state index < -0.39 is 17.4 Å². The van der Waals surface area contributed by atoms with Crippen LogP contribution in [0.15, 0.2) is 15.3 Å². The van der Waals surface area contributed by atoms with Crippen molar-refractivity contribution in [1.82, 2.24) is 5.32 Å². The third-order valence-corrected chi connectivity index (χ3v) is 3.91. The van der Waals surface area contributed by atoms with Crippen LogP contribution in [0.4, 0.5) is 0 Å². The Hall–Kier alpha value is -1.91. The van der Waals surface area contributed by atoms with Crippen molar-refractivity contribution in [3.05, 3.63) is 33.4 Å². The zero-order chi connectivity index (χ0) is 13.4. The molecule has 1 aromatic heterocycles. The zero-order valence-corrected chi connectivity index (χ0v) is 10.5. The summed E-state index contributed by atoms with van der Waals surface area (Å²) < 4.78 is 5.03. The zero-order valence-electron chi connectivity index (χ0n) is 10.5. The molecule has 0 spiro atoms. The Morgan fingerprint density at radius 3 is 2.58 bits per heavy atom. The quantitative estimate of drug-likeness (QED) is 0.777. The molecule has 5 nitrogen and oxygen atoms in total. The fraction of sp³-hybridized carbons (Fsp3) is 0.500. The van der Waals surface area contributed by atoms with E-state index in [1.165, 1.54) is 12.5 Å². The van der Waals surface area contributed by atoms with E-state index >= 15 is 0 Å². The van der Waals surface area contributed by atoms with Crippen molar-refractivity contribution in [3.63, 3.8) is 0 Å². The van der Waals surface area contributed by atoms with Gasteiger partial charge in [0.1, 0.15) is 5.76 Å². The average molecular weight is 261 g/mol. The maximum absolute atomic E-state index is 12.0. The van der Waals surface area contributed by atoms with Crippen molar-refractivity contribution in [2.75, 3.05) is 0 Å². The Bertz CT molecular complexity index is 596. The largest absolute Gasteiger partial charge is 0.426 e. The fourth-order valence-corrected chi connectivity index (χ4v) is 3.06. The van der Waals surface area contributed by atoms with Gasteiger partial charge in [-0.25, -0.2) is 4.79 Å². The molecule has 5 heteroatoms. The van der Waals surface area contributed by atoms with Crippen molar-refractivity contribution < 1.29 is 14.0 Å². The first-order valence-electron chi connectivity index (χ1n) is 6.66. The highest BCUT2D eigenvalue weighted by atomic mass is 16.4. The lowest BCUT2D eigenvalue weighted by Crippen LogP contribution is -2.39. The van der Waals surface area contributed by atoms with E-state index in [1.807, 2.05) is 0 Å². The summed E-state index contributed by atoms with van der Waals surface area (Å²) >= 11 is 0.